The van der Waals surface area contributed by atoms with Crippen molar-refractivity contribution in [1.29, 1.82) is 5.26 Å². The van der Waals surface area contributed by atoms with Crippen LogP contribution >= 0.6 is 0 Å². The molecule has 0 spiro atoms. The highest BCUT2D eigenvalue weighted by molar-refractivity contribution is 5.81. The predicted octanol–water partition coefficient (Wildman–Crippen LogP) is 0.623. The molecular weight excluding hydrogens is 196 g/mol. The van der Waals surface area contributed by atoms with Crippen LogP contribution in [0.4, 0.5) is 5.82 Å². The molecule has 6 heteroatoms. The molecule has 0 aliphatic rings. The van der Waals surface area contributed by atoms with Crippen molar-refractivity contribution >= 4 is 11.8 Å². The topological polar surface area (TPSA) is 98.9 Å². The molecule has 1 heterocycles. The molecule has 0 aliphatic heterocycles. The first kappa shape index (κ1) is 10.9. The Morgan fingerprint density at radius 3 is 2.87 bits per heavy atom. The van der Waals surface area contributed by atoms with Crippen LogP contribution in [0.2, 0.25) is 0 Å². The van der Waals surface area contributed by atoms with E-state index >= 15 is 0 Å². The summed E-state index contributed by atoms with van der Waals surface area (Å²) in [6, 6.07) is 1.88. The summed E-state index contributed by atoms with van der Waals surface area (Å²) in [6.45, 7) is 2.97. The van der Waals surface area contributed by atoms with Crippen molar-refractivity contribution in [1.82, 2.24) is 9.97 Å². The molecule has 0 saturated carbocycles. The molecule has 6 nitrogen and oxygen atoms in total. The van der Waals surface area contributed by atoms with E-state index in [1.54, 1.807) is 0 Å². The summed E-state index contributed by atoms with van der Waals surface area (Å²) < 4.78 is 0. The van der Waals surface area contributed by atoms with Gasteiger partial charge < -0.3 is 10.4 Å². The monoisotopic (exact) mass is 206 g/mol. The third-order valence-electron chi connectivity index (χ3n) is 1.80. The van der Waals surface area contributed by atoms with Crippen molar-refractivity contribution in [2.45, 2.75) is 19.4 Å². The second-order valence-corrected chi connectivity index (χ2v) is 3.45. The van der Waals surface area contributed by atoms with Crippen LogP contribution in [0.25, 0.3) is 0 Å². The Kier molecular flexibility index (Phi) is 2.85. The Labute approximate surface area is 86.6 Å². The van der Waals surface area contributed by atoms with Crippen LogP contribution < -0.4 is 5.32 Å². The lowest BCUT2D eigenvalue weighted by Crippen LogP contribution is -2.40. The van der Waals surface area contributed by atoms with Gasteiger partial charge in [-0.15, -0.1) is 0 Å². The minimum Gasteiger partial charge on any atom is -0.480 e. The molecule has 1 rings (SSSR count). The summed E-state index contributed by atoms with van der Waals surface area (Å²) in [6.07, 6.45) is 2.58. The summed E-state index contributed by atoms with van der Waals surface area (Å²) in [5.41, 5.74) is -0.966. The molecule has 0 aromatic carbocycles. The van der Waals surface area contributed by atoms with Gasteiger partial charge in [-0.25, -0.2) is 14.8 Å². The second kappa shape index (κ2) is 3.92. The van der Waals surface area contributed by atoms with E-state index in [2.05, 4.69) is 15.3 Å². The van der Waals surface area contributed by atoms with Crippen LogP contribution in [0, 0.1) is 11.3 Å². The van der Waals surface area contributed by atoms with Crippen LogP contribution in [0.3, 0.4) is 0 Å². The van der Waals surface area contributed by atoms with Crippen LogP contribution in [-0.4, -0.2) is 26.6 Å². The van der Waals surface area contributed by atoms with E-state index < -0.39 is 11.5 Å². The van der Waals surface area contributed by atoms with Crippen LogP contribution in [0.5, 0.6) is 0 Å². The fraction of sp³-hybridized carbons (Fsp3) is 0.333. The Balaban J connectivity index is 3.00. The first-order valence-electron chi connectivity index (χ1n) is 4.19. The van der Waals surface area contributed by atoms with Gasteiger partial charge >= 0.3 is 5.97 Å². The Bertz CT molecular complexity index is 422. The molecule has 0 unspecified atom stereocenters. The fourth-order valence-electron chi connectivity index (χ4n) is 0.861. The molecule has 1 aromatic rings. The molecular formula is C9H10N4O2. The lowest BCUT2D eigenvalue weighted by molar-refractivity contribution is -0.141. The molecule has 0 fully saturated rings. The number of carboxylic acid groups (broad SMARTS) is 1. The number of rotatable bonds is 3. The molecule has 0 amide bonds. The van der Waals surface area contributed by atoms with Gasteiger partial charge in [-0.2, -0.15) is 5.26 Å². The molecule has 78 valence electrons. The van der Waals surface area contributed by atoms with Crippen LogP contribution in [-0.2, 0) is 4.79 Å². The molecule has 2 N–H and O–H groups in total. The zero-order valence-electron chi connectivity index (χ0n) is 8.35. The van der Waals surface area contributed by atoms with E-state index in [-0.39, 0.29) is 11.4 Å². The number of hydrogen-bond donors (Lipinski definition) is 2. The standard InChI is InChI=1S/C9H10N4O2/c1-9(2,8(14)15)13-7-6(3-10)4-11-5-12-7/h4-5H,1-2H3,(H,14,15)(H,11,12,13). The van der Waals surface area contributed by atoms with Crippen molar-refractivity contribution in [2.24, 2.45) is 0 Å². The average Bonchev–Trinajstić information content (AvgIpc) is 2.18. The zero-order valence-corrected chi connectivity index (χ0v) is 8.35. The van der Waals surface area contributed by atoms with Gasteiger partial charge in [-0.1, -0.05) is 0 Å². The summed E-state index contributed by atoms with van der Waals surface area (Å²) >= 11 is 0. The summed E-state index contributed by atoms with van der Waals surface area (Å²) in [5.74, 6) is -0.801. The van der Waals surface area contributed by atoms with E-state index in [1.165, 1.54) is 26.4 Å². The number of aliphatic carboxylic acids is 1. The highest BCUT2D eigenvalue weighted by Crippen LogP contribution is 2.15. The van der Waals surface area contributed by atoms with Crippen molar-refractivity contribution < 1.29 is 9.90 Å². The van der Waals surface area contributed by atoms with Gasteiger partial charge in [0.05, 0.1) is 6.20 Å². The lowest BCUT2D eigenvalue weighted by atomic mass is 10.1. The highest BCUT2D eigenvalue weighted by atomic mass is 16.4. The van der Waals surface area contributed by atoms with Crippen molar-refractivity contribution in [3.8, 4) is 6.07 Å². The van der Waals surface area contributed by atoms with Gasteiger partial charge in [0.2, 0.25) is 0 Å². The fourth-order valence-corrected chi connectivity index (χ4v) is 0.861. The molecule has 0 radical (unpaired) electrons. The summed E-state index contributed by atoms with van der Waals surface area (Å²) in [7, 11) is 0. The number of nitrogens with one attached hydrogen (secondary N) is 1. The predicted molar refractivity (Wildman–Crippen MR) is 52.1 cm³/mol. The third kappa shape index (κ3) is 2.40. The number of aromatic nitrogens is 2. The van der Waals surface area contributed by atoms with Gasteiger partial charge in [0, 0.05) is 0 Å². The Hall–Kier alpha value is -2.16. The number of nitriles is 1. The zero-order chi connectivity index (χ0) is 11.5. The van der Waals surface area contributed by atoms with E-state index in [9.17, 15) is 4.79 Å². The van der Waals surface area contributed by atoms with Gasteiger partial charge in [0.15, 0.2) is 0 Å². The van der Waals surface area contributed by atoms with E-state index in [0.717, 1.165) is 0 Å². The number of hydrogen-bond acceptors (Lipinski definition) is 5. The van der Waals surface area contributed by atoms with Gasteiger partial charge in [0.1, 0.15) is 29.3 Å². The molecule has 0 saturated heterocycles. The number of carboxylic acids is 1. The molecule has 1 aromatic heterocycles. The molecule has 15 heavy (non-hydrogen) atoms. The maximum atomic E-state index is 10.8. The smallest absolute Gasteiger partial charge is 0.328 e. The number of anilines is 1. The summed E-state index contributed by atoms with van der Waals surface area (Å²) in [4.78, 5) is 18.3. The molecule has 0 aliphatic carbocycles. The first-order chi connectivity index (χ1) is 6.97. The van der Waals surface area contributed by atoms with E-state index in [0.29, 0.717) is 0 Å². The molecule has 0 atom stereocenters. The Morgan fingerprint density at radius 2 is 2.33 bits per heavy atom. The SMILES string of the molecule is CC(C)(Nc1ncncc1C#N)C(=O)O. The highest BCUT2D eigenvalue weighted by Gasteiger charge is 2.28. The lowest BCUT2D eigenvalue weighted by Gasteiger charge is -2.21. The second-order valence-electron chi connectivity index (χ2n) is 3.45. The minimum atomic E-state index is -1.18. The first-order valence-corrected chi connectivity index (χ1v) is 4.19. The van der Waals surface area contributed by atoms with Gasteiger partial charge in [-0.05, 0) is 13.8 Å². The minimum absolute atomic E-state index is 0.215. The van der Waals surface area contributed by atoms with Gasteiger partial charge in [-0.3, -0.25) is 0 Å². The van der Waals surface area contributed by atoms with Crippen molar-refractivity contribution in [3.63, 3.8) is 0 Å². The Morgan fingerprint density at radius 1 is 1.67 bits per heavy atom. The summed E-state index contributed by atoms with van der Waals surface area (Å²) in [5, 5.41) is 20.3. The third-order valence-corrected chi connectivity index (χ3v) is 1.80. The quantitative estimate of drug-likeness (QED) is 0.752. The van der Waals surface area contributed by atoms with Crippen molar-refractivity contribution in [3.05, 3.63) is 18.1 Å². The van der Waals surface area contributed by atoms with E-state index in [1.807, 2.05) is 6.07 Å². The number of nitrogens with zero attached hydrogens (tertiary/aromatic N) is 3. The maximum Gasteiger partial charge on any atom is 0.328 e. The van der Waals surface area contributed by atoms with Gasteiger partial charge in [0.25, 0.3) is 0 Å². The van der Waals surface area contributed by atoms with Crippen LogP contribution in [0.1, 0.15) is 19.4 Å². The number of carbonyl (C=O) groups is 1. The van der Waals surface area contributed by atoms with E-state index in [4.69, 9.17) is 10.4 Å². The maximum absolute atomic E-state index is 10.8. The van der Waals surface area contributed by atoms with Crippen LogP contribution in [0.15, 0.2) is 12.5 Å². The average molecular weight is 206 g/mol. The largest absolute Gasteiger partial charge is 0.480 e. The normalized spacial score (nSPS) is 10.5. The molecule has 0 bridgehead atoms. The van der Waals surface area contributed by atoms with Crippen molar-refractivity contribution in [2.75, 3.05) is 5.32 Å².